The lowest BCUT2D eigenvalue weighted by molar-refractivity contribution is 0.630. The van der Waals surface area contributed by atoms with Crippen molar-refractivity contribution in [3.8, 4) is 0 Å². The standard InChI is InChI=1S/C20H20ClN5O/c1-2-18-22-10-15-8-9-25(13-16(15)24-18)17-11-23-26(20(27)19(17)21)12-14-6-4-3-5-7-14/h3-7,10-11H,2,8-9,12-13H2,1H3. The molecule has 0 saturated heterocycles. The average Bonchev–Trinajstić information content (AvgIpc) is 2.71. The van der Waals surface area contributed by atoms with Crippen LogP contribution in [0.4, 0.5) is 5.69 Å². The highest BCUT2D eigenvalue weighted by atomic mass is 35.5. The lowest BCUT2D eigenvalue weighted by Gasteiger charge is -2.30. The highest BCUT2D eigenvalue weighted by Gasteiger charge is 2.22. The molecule has 1 aliphatic rings. The summed E-state index contributed by atoms with van der Waals surface area (Å²) in [5.74, 6) is 0.832. The molecule has 3 heterocycles. The molecule has 2 aromatic heterocycles. The molecule has 0 unspecified atom stereocenters. The van der Waals surface area contributed by atoms with Gasteiger partial charge in [0, 0.05) is 19.2 Å². The second kappa shape index (κ2) is 7.48. The van der Waals surface area contributed by atoms with Crippen LogP contribution in [0, 0.1) is 0 Å². The van der Waals surface area contributed by atoms with Crippen molar-refractivity contribution in [3.05, 3.63) is 80.7 Å². The van der Waals surface area contributed by atoms with Crippen LogP contribution in [0.2, 0.25) is 5.02 Å². The summed E-state index contributed by atoms with van der Waals surface area (Å²) in [6, 6.07) is 9.74. The molecule has 0 N–H and O–H groups in total. The Balaban J connectivity index is 1.61. The first-order chi connectivity index (χ1) is 13.2. The third kappa shape index (κ3) is 3.57. The van der Waals surface area contributed by atoms with Crippen molar-refractivity contribution < 1.29 is 0 Å². The van der Waals surface area contributed by atoms with E-state index >= 15 is 0 Å². The van der Waals surface area contributed by atoms with Gasteiger partial charge < -0.3 is 4.90 Å². The summed E-state index contributed by atoms with van der Waals surface area (Å²) in [5, 5.41) is 4.55. The molecule has 0 fully saturated rings. The number of hydrogen-bond acceptors (Lipinski definition) is 5. The van der Waals surface area contributed by atoms with Crippen LogP contribution in [0.3, 0.4) is 0 Å². The minimum absolute atomic E-state index is 0.203. The highest BCUT2D eigenvalue weighted by Crippen LogP contribution is 2.27. The molecular weight excluding hydrogens is 362 g/mol. The molecule has 0 saturated carbocycles. The van der Waals surface area contributed by atoms with E-state index in [1.54, 1.807) is 6.20 Å². The second-order valence-corrected chi connectivity index (χ2v) is 6.95. The number of fused-ring (bicyclic) bond motifs is 1. The van der Waals surface area contributed by atoms with E-state index in [9.17, 15) is 4.79 Å². The van der Waals surface area contributed by atoms with Gasteiger partial charge in [-0.15, -0.1) is 0 Å². The Labute approximate surface area is 162 Å². The summed E-state index contributed by atoms with van der Waals surface area (Å²) < 4.78 is 1.40. The number of anilines is 1. The van der Waals surface area contributed by atoms with E-state index in [-0.39, 0.29) is 10.6 Å². The predicted molar refractivity (Wildman–Crippen MR) is 105 cm³/mol. The molecule has 0 amide bonds. The van der Waals surface area contributed by atoms with Gasteiger partial charge in [0.1, 0.15) is 10.8 Å². The number of rotatable bonds is 4. The van der Waals surface area contributed by atoms with E-state index in [0.29, 0.717) is 18.8 Å². The van der Waals surface area contributed by atoms with Gasteiger partial charge in [-0.05, 0) is 17.5 Å². The molecule has 1 aliphatic heterocycles. The highest BCUT2D eigenvalue weighted by molar-refractivity contribution is 6.33. The number of aryl methyl sites for hydroxylation is 1. The smallest absolute Gasteiger partial charge is 0.287 e. The topological polar surface area (TPSA) is 63.9 Å². The zero-order chi connectivity index (χ0) is 18.8. The maximum Gasteiger partial charge on any atom is 0.287 e. The number of nitrogens with zero attached hydrogens (tertiary/aromatic N) is 5. The van der Waals surface area contributed by atoms with Crippen LogP contribution in [0.25, 0.3) is 0 Å². The summed E-state index contributed by atoms with van der Waals surface area (Å²) in [6.45, 7) is 3.80. The molecule has 0 atom stereocenters. The minimum atomic E-state index is -0.277. The fraction of sp³-hybridized carbons (Fsp3) is 0.300. The monoisotopic (exact) mass is 381 g/mol. The van der Waals surface area contributed by atoms with Crippen LogP contribution in [0.5, 0.6) is 0 Å². The Hall–Kier alpha value is -2.73. The number of hydrogen-bond donors (Lipinski definition) is 0. The maximum atomic E-state index is 12.7. The average molecular weight is 382 g/mol. The first-order valence-electron chi connectivity index (χ1n) is 9.04. The molecule has 1 aromatic carbocycles. The van der Waals surface area contributed by atoms with Gasteiger partial charge in [0.05, 0.1) is 30.7 Å². The summed E-state index contributed by atoms with van der Waals surface area (Å²) in [5.41, 5.74) is 3.54. The molecule has 0 radical (unpaired) electrons. The summed E-state index contributed by atoms with van der Waals surface area (Å²) in [4.78, 5) is 23.8. The molecule has 0 bridgehead atoms. The Morgan fingerprint density at radius 2 is 2.00 bits per heavy atom. The minimum Gasteiger partial charge on any atom is -0.363 e. The first kappa shape index (κ1) is 17.7. The van der Waals surface area contributed by atoms with E-state index in [4.69, 9.17) is 11.6 Å². The quantitative estimate of drug-likeness (QED) is 0.695. The van der Waals surface area contributed by atoms with Crippen molar-refractivity contribution in [1.29, 1.82) is 0 Å². The van der Waals surface area contributed by atoms with Gasteiger partial charge in [-0.1, -0.05) is 48.9 Å². The Morgan fingerprint density at radius 3 is 2.78 bits per heavy atom. The maximum absolute atomic E-state index is 12.7. The molecule has 0 aliphatic carbocycles. The fourth-order valence-electron chi connectivity index (χ4n) is 3.27. The van der Waals surface area contributed by atoms with Crippen molar-refractivity contribution >= 4 is 17.3 Å². The van der Waals surface area contributed by atoms with Crippen LogP contribution in [-0.2, 0) is 25.9 Å². The summed E-state index contributed by atoms with van der Waals surface area (Å²) in [6.07, 6.45) is 5.21. The van der Waals surface area contributed by atoms with Crippen molar-refractivity contribution in [2.75, 3.05) is 11.4 Å². The Bertz CT molecular complexity index is 1020. The van der Waals surface area contributed by atoms with Gasteiger partial charge in [-0.25, -0.2) is 14.6 Å². The van der Waals surface area contributed by atoms with E-state index in [1.165, 1.54) is 4.68 Å². The molecule has 3 aromatic rings. The summed E-state index contributed by atoms with van der Waals surface area (Å²) >= 11 is 6.44. The zero-order valence-electron chi connectivity index (χ0n) is 15.1. The van der Waals surface area contributed by atoms with Gasteiger partial charge in [-0.3, -0.25) is 4.79 Å². The number of halogens is 1. The fourth-order valence-corrected chi connectivity index (χ4v) is 3.53. The van der Waals surface area contributed by atoms with Gasteiger partial charge in [0.2, 0.25) is 0 Å². The van der Waals surface area contributed by atoms with Crippen molar-refractivity contribution in [3.63, 3.8) is 0 Å². The summed E-state index contributed by atoms with van der Waals surface area (Å²) in [7, 11) is 0. The van der Waals surface area contributed by atoms with Gasteiger partial charge in [-0.2, -0.15) is 5.10 Å². The van der Waals surface area contributed by atoms with Crippen LogP contribution in [0.15, 0.2) is 47.5 Å². The van der Waals surface area contributed by atoms with E-state index < -0.39 is 0 Å². The van der Waals surface area contributed by atoms with Gasteiger partial charge in [0.15, 0.2) is 0 Å². The van der Waals surface area contributed by atoms with E-state index in [2.05, 4.69) is 20.0 Å². The third-order valence-corrected chi connectivity index (χ3v) is 5.15. The molecule has 6 nitrogen and oxygen atoms in total. The SMILES string of the molecule is CCc1ncc2c(n1)CN(c1cnn(Cc3ccccc3)c(=O)c1Cl)CC2. The Kier molecular flexibility index (Phi) is 4.90. The molecule has 27 heavy (non-hydrogen) atoms. The van der Waals surface area contributed by atoms with Gasteiger partial charge in [0.25, 0.3) is 5.56 Å². The normalized spacial score (nSPS) is 13.5. The van der Waals surface area contributed by atoms with E-state index in [1.807, 2.05) is 43.5 Å². The molecule has 4 rings (SSSR count). The Morgan fingerprint density at radius 1 is 1.19 bits per heavy atom. The molecular formula is C20H20ClN5O. The molecule has 0 spiro atoms. The van der Waals surface area contributed by atoms with E-state index in [0.717, 1.165) is 42.0 Å². The van der Waals surface area contributed by atoms with Crippen molar-refractivity contribution in [1.82, 2.24) is 19.7 Å². The lowest BCUT2D eigenvalue weighted by atomic mass is 10.1. The van der Waals surface area contributed by atoms with Crippen LogP contribution >= 0.6 is 11.6 Å². The zero-order valence-corrected chi connectivity index (χ0v) is 15.9. The predicted octanol–water partition coefficient (Wildman–Crippen LogP) is 2.86. The van der Waals surface area contributed by atoms with Crippen molar-refractivity contribution in [2.24, 2.45) is 0 Å². The number of benzene rings is 1. The third-order valence-electron chi connectivity index (χ3n) is 4.79. The van der Waals surface area contributed by atoms with Crippen LogP contribution in [0.1, 0.15) is 29.6 Å². The first-order valence-corrected chi connectivity index (χ1v) is 9.41. The van der Waals surface area contributed by atoms with Crippen LogP contribution < -0.4 is 10.5 Å². The van der Waals surface area contributed by atoms with Crippen LogP contribution in [-0.4, -0.2) is 26.3 Å². The number of aromatic nitrogens is 4. The second-order valence-electron chi connectivity index (χ2n) is 6.58. The largest absolute Gasteiger partial charge is 0.363 e. The molecule has 7 heteroatoms. The lowest BCUT2D eigenvalue weighted by Crippen LogP contribution is -2.34. The van der Waals surface area contributed by atoms with Crippen molar-refractivity contribution in [2.45, 2.75) is 32.9 Å². The molecule has 138 valence electrons. The van der Waals surface area contributed by atoms with Gasteiger partial charge >= 0.3 is 0 Å².